The summed E-state index contributed by atoms with van der Waals surface area (Å²) in [6, 6.07) is 12.0. The molecule has 196 valence electrons. The third-order valence-electron chi connectivity index (χ3n) is 4.54. The Morgan fingerprint density at radius 2 is 1.58 bits per heavy atom. The largest absolute Gasteiger partial charge is 0.494 e. The van der Waals surface area contributed by atoms with Gasteiger partial charge in [0.2, 0.25) is 10.0 Å². The predicted molar refractivity (Wildman–Crippen MR) is 138 cm³/mol. The quantitative estimate of drug-likeness (QED) is 0.275. The van der Waals surface area contributed by atoms with E-state index in [0.29, 0.717) is 29.4 Å². The summed E-state index contributed by atoms with van der Waals surface area (Å²) in [5.74, 6) is -0.0197. The van der Waals surface area contributed by atoms with Crippen LogP contribution in [0.2, 0.25) is 0 Å². The van der Waals surface area contributed by atoms with E-state index in [1.54, 1.807) is 69.3 Å². The number of nitrogens with zero attached hydrogens (tertiary/aromatic N) is 2. The van der Waals surface area contributed by atoms with Crippen LogP contribution >= 0.6 is 0 Å². The van der Waals surface area contributed by atoms with Crippen LogP contribution in [-0.4, -0.2) is 57.6 Å². The van der Waals surface area contributed by atoms with Gasteiger partial charge in [-0.1, -0.05) is 0 Å². The van der Waals surface area contributed by atoms with E-state index < -0.39 is 33.5 Å². The number of benzene rings is 2. The lowest BCUT2D eigenvalue weighted by Crippen LogP contribution is -2.46. The van der Waals surface area contributed by atoms with Crippen LogP contribution in [0.25, 0.3) is 0 Å². The highest BCUT2D eigenvalue weighted by atomic mass is 32.2. The standard InChI is InChI=1S/C25H33N3O7S/c1-7-33-21-14-10-20(11-15-21)28(36(6,31)32)18(2)24(30)27-26-16-19-8-12-22(13-9-19)34-17-23(29)35-25(3,4)5/h8-16,18H,7,17H2,1-6H3,(H,27,30)/b26-16-/t18-/m0/s1. The van der Waals surface area contributed by atoms with Gasteiger partial charge in [-0.25, -0.2) is 18.6 Å². The van der Waals surface area contributed by atoms with Gasteiger partial charge >= 0.3 is 5.97 Å². The van der Waals surface area contributed by atoms with Crippen LogP contribution in [-0.2, 0) is 24.3 Å². The summed E-state index contributed by atoms with van der Waals surface area (Å²) in [6.07, 6.45) is 2.44. The molecule has 0 fully saturated rings. The Morgan fingerprint density at radius 3 is 2.11 bits per heavy atom. The third-order valence-corrected chi connectivity index (χ3v) is 5.78. The number of amides is 1. The van der Waals surface area contributed by atoms with Gasteiger partial charge in [0, 0.05) is 0 Å². The molecule has 0 bridgehead atoms. The Kier molecular flexibility index (Phi) is 9.85. The third kappa shape index (κ3) is 9.21. The molecule has 0 heterocycles. The summed E-state index contributed by atoms with van der Waals surface area (Å²) in [7, 11) is -3.76. The minimum Gasteiger partial charge on any atom is -0.494 e. The van der Waals surface area contributed by atoms with Gasteiger partial charge in [0.15, 0.2) is 6.61 Å². The topological polar surface area (TPSA) is 124 Å². The number of sulfonamides is 1. The van der Waals surface area contributed by atoms with E-state index >= 15 is 0 Å². The van der Waals surface area contributed by atoms with E-state index in [1.807, 2.05) is 6.92 Å². The van der Waals surface area contributed by atoms with Crippen molar-refractivity contribution in [2.24, 2.45) is 5.10 Å². The summed E-state index contributed by atoms with van der Waals surface area (Å²) in [6.45, 7) is 8.90. The number of esters is 1. The highest BCUT2D eigenvalue weighted by Gasteiger charge is 2.29. The van der Waals surface area contributed by atoms with Crippen LogP contribution in [0.5, 0.6) is 11.5 Å². The number of carbonyl (C=O) groups is 2. The zero-order valence-corrected chi connectivity index (χ0v) is 22.2. The molecule has 0 aliphatic carbocycles. The number of anilines is 1. The van der Waals surface area contributed by atoms with Gasteiger partial charge in [-0.2, -0.15) is 5.10 Å². The Balaban J connectivity index is 1.98. The van der Waals surface area contributed by atoms with Crippen molar-refractivity contribution in [2.75, 3.05) is 23.8 Å². The number of hydrogen-bond donors (Lipinski definition) is 1. The van der Waals surface area contributed by atoms with Crippen molar-refractivity contribution in [3.63, 3.8) is 0 Å². The van der Waals surface area contributed by atoms with Crippen molar-refractivity contribution in [2.45, 2.75) is 46.3 Å². The average molecular weight is 520 g/mol. The second kappa shape index (κ2) is 12.4. The van der Waals surface area contributed by atoms with E-state index in [9.17, 15) is 18.0 Å². The molecule has 36 heavy (non-hydrogen) atoms. The van der Waals surface area contributed by atoms with Gasteiger partial charge in [-0.15, -0.1) is 0 Å². The fraction of sp³-hybridized carbons (Fsp3) is 0.400. The number of rotatable bonds is 11. The number of ether oxygens (including phenoxy) is 3. The van der Waals surface area contributed by atoms with Crippen molar-refractivity contribution < 1.29 is 32.2 Å². The van der Waals surface area contributed by atoms with E-state index in [0.717, 1.165) is 10.6 Å². The van der Waals surface area contributed by atoms with Crippen molar-refractivity contribution in [3.8, 4) is 11.5 Å². The van der Waals surface area contributed by atoms with Gasteiger partial charge in [0.25, 0.3) is 5.91 Å². The molecule has 0 saturated heterocycles. The molecule has 1 atom stereocenters. The van der Waals surface area contributed by atoms with Gasteiger partial charge in [0.05, 0.1) is 24.8 Å². The van der Waals surface area contributed by atoms with Gasteiger partial charge in [-0.3, -0.25) is 9.10 Å². The van der Waals surface area contributed by atoms with Gasteiger partial charge in [0.1, 0.15) is 23.1 Å². The molecule has 0 aromatic heterocycles. The maximum Gasteiger partial charge on any atom is 0.344 e. The first kappa shape index (κ1) is 28.6. The molecule has 0 spiro atoms. The zero-order chi connectivity index (χ0) is 26.9. The van der Waals surface area contributed by atoms with Crippen LogP contribution in [0.4, 0.5) is 5.69 Å². The highest BCUT2D eigenvalue weighted by Crippen LogP contribution is 2.24. The van der Waals surface area contributed by atoms with E-state index in [2.05, 4.69) is 10.5 Å². The van der Waals surface area contributed by atoms with E-state index in [4.69, 9.17) is 14.2 Å². The average Bonchev–Trinajstić information content (AvgIpc) is 2.78. The molecular formula is C25H33N3O7S. The summed E-state index contributed by atoms with van der Waals surface area (Å²) in [5.41, 5.74) is 2.76. The van der Waals surface area contributed by atoms with Gasteiger partial charge < -0.3 is 14.2 Å². The minimum atomic E-state index is -3.76. The second-order valence-corrected chi connectivity index (χ2v) is 10.7. The van der Waals surface area contributed by atoms with Crippen LogP contribution in [0, 0.1) is 0 Å². The summed E-state index contributed by atoms with van der Waals surface area (Å²) >= 11 is 0. The fourth-order valence-corrected chi connectivity index (χ4v) is 4.27. The molecule has 0 radical (unpaired) electrons. The van der Waals surface area contributed by atoms with Crippen molar-refractivity contribution in [3.05, 3.63) is 54.1 Å². The number of hydrogen-bond acceptors (Lipinski definition) is 8. The minimum absolute atomic E-state index is 0.218. The molecule has 1 N–H and O–H groups in total. The zero-order valence-electron chi connectivity index (χ0n) is 21.3. The first-order chi connectivity index (χ1) is 16.8. The molecule has 0 unspecified atom stereocenters. The Hall–Kier alpha value is -3.60. The number of carbonyl (C=O) groups excluding carboxylic acids is 2. The Bertz CT molecular complexity index is 1160. The SMILES string of the molecule is CCOc1ccc(N([C@@H](C)C(=O)N/N=C\c2ccc(OCC(=O)OC(C)(C)C)cc2)S(C)(=O)=O)cc1. The lowest BCUT2D eigenvalue weighted by molar-refractivity contribution is -0.157. The van der Waals surface area contributed by atoms with E-state index in [1.165, 1.54) is 13.1 Å². The number of nitrogens with one attached hydrogen (secondary N) is 1. The number of hydrazone groups is 1. The summed E-state index contributed by atoms with van der Waals surface area (Å²) in [4.78, 5) is 24.4. The molecule has 2 rings (SSSR count). The van der Waals surface area contributed by atoms with Crippen LogP contribution < -0.4 is 19.2 Å². The first-order valence-electron chi connectivity index (χ1n) is 11.3. The Morgan fingerprint density at radius 1 is 1.03 bits per heavy atom. The maximum atomic E-state index is 12.6. The lowest BCUT2D eigenvalue weighted by Gasteiger charge is -2.27. The van der Waals surface area contributed by atoms with Crippen molar-refractivity contribution in [1.82, 2.24) is 5.43 Å². The molecule has 10 nitrogen and oxygen atoms in total. The van der Waals surface area contributed by atoms with Crippen molar-refractivity contribution >= 4 is 33.8 Å². The summed E-state index contributed by atoms with van der Waals surface area (Å²) < 4.78 is 41.8. The van der Waals surface area contributed by atoms with Crippen LogP contribution in [0.3, 0.4) is 0 Å². The fourth-order valence-electron chi connectivity index (χ4n) is 3.09. The second-order valence-electron chi connectivity index (χ2n) is 8.84. The summed E-state index contributed by atoms with van der Waals surface area (Å²) in [5, 5.41) is 3.92. The molecule has 1 amide bonds. The maximum absolute atomic E-state index is 12.6. The molecule has 11 heteroatoms. The predicted octanol–water partition coefficient (Wildman–Crippen LogP) is 3.11. The normalized spacial score (nSPS) is 12.6. The van der Waals surface area contributed by atoms with Gasteiger partial charge in [-0.05, 0) is 88.7 Å². The highest BCUT2D eigenvalue weighted by molar-refractivity contribution is 7.92. The van der Waals surface area contributed by atoms with Crippen molar-refractivity contribution in [1.29, 1.82) is 0 Å². The molecular weight excluding hydrogens is 486 g/mol. The molecule has 2 aromatic rings. The lowest BCUT2D eigenvalue weighted by atomic mass is 10.2. The molecule has 0 aliphatic rings. The Labute approximate surface area is 212 Å². The molecule has 2 aromatic carbocycles. The first-order valence-corrected chi connectivity index (χ1v) is 13.1. The smallest absolute Gasteiger partial charge is 0.344 e. The van der Waals surface area contributed by atoms with Crippen LogP contribution in [0.1, 0.15) is 40.2 Å². The monoisotopic (exact) mass is 519 g/mol. The molecule has 0 aliphatic heterocycles. The van der Waals surface area contributed by atoms with Crippen LogP contribution in [0.15, 0.2) is 53.6 Å². The van der Waals surface area contributed by atoms with E-state index in [-0.39, 0.29) is 6.61 Å². The molecule has 0 saturated carbocycles.